The molecule has 0 aromatic carbocycles. The molecule has 0 aliphatic carbocycles. The number of rotatable bonds is 7. The second kappa shape index (κ2) is 11.1. The minimum Gasteiger partial charge on any atom is -0.361 e. The molecule has 1 aliphatic heterocycles. The summed E-state index contributed by atoms with van der Waals surface area (Å²) in [6.45, 7) is 16.9. The first-order valence-corrected chi connectivity index (χ1v) is 9.63. The molecule has 1 fully saturated rings. The smallest absolute Gasteiger partial charge is 0.191 e. The van der Waals surface area contributed by atoms with Gasteiger partial charge >= 0.3 is 0 Å². The minimum atomic E-state index is 0. The molecule has 2 atom stereocenters. The zero-order chi connectivity index (χ0) is 18.4. The third-order valence-corrected chi connectivity index (χ3v) is 5.07. The van der Waals surface area contributed by atoms with Gasteiger partial charge in [0.2, 0.25) is 0 Å². The van der Waals surface area contributed by atoms with Crippen LogP contribution in [0.5, 0.6) is 0 Å². The molecule has 2 heterocycles. The van der Waals surface area contributed by atoms with E-state index in [4.69, 9.17) is 9.52 Å². The second-order valence-electron chi connectivity index (χ2n) is 7.44. The molecule has 150 valence electrons. The van der Waals surface area contributed by atoms with Crippen LogP contribution in [0.25, 0.3) is 0 Å². The lowest BCUT2D eigenvalue weighted by molar-refractivity contribution is 0.265. The summed E-state index contributed by atoms with van der Waals surface area (Å²) in [4.78, 5) is 7.30. The number of nitrogens with one attached hydrogen (secondary N) is 2. The standard InChI is InChI=1S/C19H35N5O.HI/c1-7-20-19(22-18-12-24(13(2)3)11-14(18)4)21-10-8-9-17-15(5)23-25-16(17)6;/h13-14,18H,7-12H2,1-6H3,(H2,20,21,22);1H. The molecule has 7 heteroatoms. The van der Waals surface area contributed by atoms with Gasteiger partial charge < -0.3 is 15.2 Å². The molecule has 26 heavy (non-hydrogen) atoms. The molecule has 0 radical (unpaired) electrons. The average molecular weight is 477 g/mol. The Kier molecular flexibility index (Phi) is 9.92. The van der Waals surface area contributed by atoms with Crippen LogP contribution in [0.3, 0.4) is 0 Å². The fourth-order valence-electron chi connectivity index (χ4n) is 3.41. The number of aryl methyl sites for hydroxylation is 2. The molecule has 0 bridgehead atoms. The number of aliphatic imine (C=N–C) groups is 1. The molecule has 2 N–H and O–H groups in total. The minimum absolute atomic E-state index is 0. The zero-order valence-electron chi connectivity index (χ0n) is 17.1. The Bertz CT molecular complexity index is 553. The zero-order valence-corrected chi connectivity index (χ0v) is 19.5. The van der Waals surface area contributed by atoms with Crippen molar-refractivity contribution in [1.82, 2.24) is 20.7 Å². The Labute approximate surface area is 175 Å². The van der Waals surface area contributed by atoms with Crippen molar-refractivity contribution in [2.24, 2.45) is 10.9 Å². The number of aromatic nitrogens is 1. The SMILES string of the molecule is CCNC(=NCCCc1c(C)noc1C)NC1CN(C(C)C)CC1C.I. The van der Waals surface area contributed by atoms with E-state index in [9.17, 15) is 0 Å². The van der Waals surface area contributed by atoms with E-state index < -0.39 is 0 Å². The van der Waals surface area contributed by atoms with Crippen molar-refractivity contribution in [3.05, 3.63) is 17.0 Å². The Balaban J connectivity index is 0.00000338. The summed E-state index contributed by atoms with van der Waals surface area (Å²) < 4.78 is 5.23. The molecule has 1 saturated heterocycles. The van der Waals surface area contributed by atoms with Crippen LogP contribution >= 0.6 is 24.0 Å². The van der Waals surface area contributed by atoms with Crippen molar-refractivity contribution in [3.8, 4) is 0 Å². The first-order chi connectivity index (χ1) is 11.9. The number of halogens is 1. The van der Waals surface area contributed by atoms with Gasteiger partial charge in [-0.05, 0) is 53.4 Å². The van der Waals surface area contributed by atoms with Gasteiger partial charge in [-0.1, -0.05) is 12.1 Å². The number of nitrogens with zero attached hydrogens (tertiary/aromatic N) is 3. The second-order valence-corrected chi connectivity index (χ2v) is 7.44. The monoisotopic (exact) mass is 477 g/mol. The molecular formula is C19H36IN5O. The van der Waals surface area contributed by atoms with Crippen molar-refractivity contribution in [2.75, 3.05) is 26.2 Å². The molecule has 0 amide bonds. The molecule has 6 nitrogen and oxygen atoms in total. The van der Waals surface area contributed by atoms with Gasteiger partial charge in [-0.2, -0.15) is 0 Å². The number of hydrogen-bond donors (Lipinski definition) is 2. The summed E-state index contributed by atoms with van der Waals surface area (Å²) in [5, 5.41) is 11.0. The highest BCUT2D eigenvalue weighted by Crippen LogP contribution is 2.18. The van der Waals surface area contributed by atoms with Crippen LogP contribution in [0.2, 0.25) is 0 Å². The molecule has 1 aromatic rings. The lowest BCUT2D eigenvalue weighted by Crippen LogP contribution is -2.46. The van der Waals surface area contributed by atoms with Gasteiger partial charge in [0.25, 0.3) is 0 Å². The van der Waals surface area contributed by atoms with Crippen LogP contribution in [-0.2, 0) is 6.42 Å². The molecule has 0 saturated carbocycles. The molecule has 0 spiro atoms. The molecule has 1 aliphatic rings. The predicted molar refractivity (Wildman–Crippen MR) is 118 cm³/mol. The van der Waals surface area contributed by atoms with Gasteiger partial charge in [0, 0.05) is 43.8 Å². The maximum Gasteiger partial charge on any atom is 0.191 e. The van der Waals surface area contributed by atoms with Crippen molar-refractivity contribution in [3.63, 3.8) is 0 Å². The van der Waals surface area contributed by atoms with E-state index in [1.165, 1.54) is 5.56 Å². The third kappa shape index (κ3) is 6.40. The van der Waals surface area contributed by atoms with Gasteiger partial charge in [-0.3, -0.25) is 9.89 Å². The van der Waals surface area contributed by atoms with E-state index in [1.54, 1.807) is 0 Å². The van der Waals surface area contributed by atoms with Gasteiger partial charge in [-0.15, -0.1) is 24.0 Å². The van der Waals surface area contributed by atoms with E-state index in [0.29, 0.717) is 18.0 Å². The first kappa shape index (κ1) is 23.2. The topological polar surface area (TPSA) is 65.7 Å². The molecular weight excluding hydrogens is 441 g/mol. The van der Waals surface area contributed by atoms with Crippen molar-refractivity contribution in [1.29, 1.82) is 0 Å². The maximum atomic E-state index is 5.23. The van der Waals surface area contributed by atoms with Gasteiger partial charge in [0.15, 0.2) is 5.96 Å². The summed E-state index contributed by atoms with van der Waals surface area (Å²) in [5.41, 5.74) is 2.23. The van der Waals surface area contributed by atoms with Gasteiger partial charge in [-0.25, -0.2) is 0 Å². The van der Waals surface area contributed by atoms with E-state index >= 15 is 0 Å². The van der Waals surface area contributed by atoms with Crippen LogP contribution in [0.1, 0.15) is 51.1 Å². The summed E-state index contributed by atoms with van der Waals surface area (Å²) in [7, 11) is 0. The van der Waals surface area contributed by atoms with Crippen LogP contribution in [-0.4, -0.2) is 54.3 Å². The number of guanidine groups is 1. The Morgan fingerprint density at radius 1 is 1.35 bits per heavy atom. The number of hydrogen-bond acceptors (Lipinski definition) is 4. The highest BCUT2D eigenvalue weighted by Gasteiger charge is 2.31. The summed E-state index contributed by atoms with van der Waals surface area (Å²) in [6.07, 6.45) is 1.96. The highest BCUT2D eigenvalue weighted by molar-refractivity contribution is 14.0. The van der Waals surface area contributed by atoms with Crippen LogP contribution in [0.4, 0.5) is 0 Å². The summed E-state index contributed by atoms with van der Waals surface area (Å²) >= 11 is 0. The van der Waals surface area contributed by atoms with Crippen LogP contribution < -0.4 is 10.6 Å². The Morgan fingerprint density at radius 2 is 2.08 bits per heavy atom. The fraction of sp³-hybridized carbons (Fsp3) is 0.789. The van der Waals surface area contributed by atoms with Crippen molar-refractivity contribution in [2.45, 2.75) is 66.5 Å². The van der Waals surface area contributed by atoms with Gasteiger partial charge in [0.05, 0.1) is 5.69 Å². The maximum absolute atomic E-state index is 5.23. The quantitative estimate of drug-likeness (QED) is 0.274. The Hall–Kier alpha value is -0.830. The highest BCUT2D eigenvalue weighted by atomic mass is 127. The lowest BCUT2D eigenvalue weighted by atomic mass is 10.1. The van der Waals surface area contributed by atoms with Crippen molar-refractivity contribution < 1.29 is 4.52 Å². The molecule has 2 unspecified atom stereocenters. The average Bonchev–Trinajstić information content (AvgIpc) is 3.08. The molecule has 2 rings (SSSR count). The van der Waals surface area contributed by atoms with Crippen molar-refractivity contribution >= 4 is 29.9 Å². The summed E-state index contributed by atoms with van der Waals surface area (Å²) in [6, 6.07) is 1.06. The van der Waals surface area contributed by atoms with Crippen LogP contribution in [0, 0.1) is 19.8 Å². The van der Waals surface area contributed by atoms with E-state index in [2.05, 4.69) is 48.4 Å². The largest absolute Gasteiger partial charge is 0.361 e. The normalized spacial score (nSPS) is 21.1. The van der Waals surface area contributed by atoms with Gasteiger partial charge in [0.1, 0.15) is 5.76 Å². The molecule has 1 aromatic heterocycles. The lowest BCUT2D eigenvalue weighted by Gasteiger charge is -2.21. The van der Waals surface area contributed by atoms with E-state index in [0.717, 1.165) is 56.4 Å². The number of likely N-dealkylation sites (tertiary alicyclic amines) is 1. The fourth-order valence-corrected chi connectivity index (χ4v) is 3.41. The predicted octanol–water partition coefficient (Wildman–Crippen LogP) is 3.13. The first-order valence-electron chi connectivity index (χ1n) is 9.63. The Morgan fingerprint density at radius 3 is 2.62 bits per heavy atom. The third-order valence-electron chi connectivity index (χ3n) is 5.07. The summed E-state index contributed by atoms with van der Waals surface area (Å²) in [5.74, 6) is 2.50. The van der Waals surface area contributed by atoms with E-state index in [-0.39, 0.29) is 24.0 Å². The van der Waals surface area contributed by atoms with Crippen LogP contribution in [0.15, 0.2) is 9.52 Å². The van der Waals surface area contributed by atoms with E-state index in [1.807, 2.05) is 13.8 Å².